The lowest BCUT2D eigenvalue weighted by Gasteiger charge is -2.66. The summed E-state index contributed by atoms with van der Waals surface area (Å²) >= 11 is 0. The molecule has 4 N–H and O–H groups in total. The molecule has 0 radical (unpaired) electrons. The molecule has 2 aliphatic heterocycles. The molecule has 39 heavy (non-hydrogen) atoms. The van der Waals surface area contributed by atoms with Crippen molar-refractivity contribution in [3.05, 3.63) is 11.6 Å². The number of aliphatic hydroxyl groups excluding tert-OH is 2. The fourth-order valence-corrected chi connectivity index (χ4v) is 8.08. The van der Waals surface area contributed by atoms with Gasteiger partial charge in [-0.2, -0.15) is 0 Å². The maximum Gasteiger partial charge on any atom is 0.348 e. The predicted octanol–water partition coefficient (Wildman–Crippen LogP) is -0.0924. The van der Waals surface area contributed by atoms with Crippen molar-refractivity contribution >= 4 is 29.8 Å². The number of allylic oxidation sites excluding steroid dienone is 1. The van der Waals surface area contributed by atoms with Crippen molar-refractivity contribution in [1.82, 2.24) is 0 Å². The summed E-state index contributed by atoms with van der Waals surface area (Å²) in [6.07, 6.45) is -6.40. The molecule has 4 aliphatic rings. The lowest BCUT2D eigenvalue weighted by atomic mass is 9.38. The first-order valence-corrected chi connectivity index (χ1v) is 12.7. The summed E-state index contributed by atoms with van der Waals surface area (Å²) in [5.74, 6) is -10.3. The number of carbonyl (C=O) groups excluding carboxylic acids is 3. The highest BCUT2D eigenvalue weighted by molar-refractivity contribution is 5.89. The number of aliphatic hydroxyl groups is 2. The molecule has 2 saturated carbocycles. The van der Waals surface area contributed by atoms with Crippen molar-refractivity contribution in [2.24, 2.45) is 34.5 Å². The van der Waals surface area contributed by atoms with Crippen LogP contribution in [0.5, 0.6) is 0 Å². The van der Waals surface area contributed by atoms with Gasteiger partial charge in [-0.1, -0.05) is 19.4 Å². The van der Waals surface area contributed by atoms with E-state index in [1.54, 1.807) is 13.8 Å². The fourth-order valence-electron chi connectivity index (χ4n) is 8.08. The van der Waals surface area contributed by atoms with Crippen molar-refractivity contribution in [3.8, 4) is 0 Å². The van der Waals surface area contributed by atoms with Crippen molar-refractivity contribution in [1.29, 1.82) is 0 Å². The molecule has 2 heterocycles. The standard InChI is InChI=1S/C26H34O13/c1-10(2)6-15(29)39-17-19-25-9-37-26(19,23(35)36-5)20(31)16(30)18(25)24(4,8-14(27)28)12(11(3)21(32)33)7-13(25)38-22(17)34/h6,11-13,16-20,30-31H,7-9H2,1-5H3,(H,27,28)(H,32,33). The van der Waals surface area contributed by atoms with Gasteiger partial charge in [0.1, 0.15) is 12.2 Å². The van der Waals surface area contributed by atoms with Crippen LogP contribution in [0, 0.1) is 34.5 Å². The highest BCUT2D eigenvalue weighted by atomic mass is 16.6. The summed E-state index contributed by atoms with van der Waals surface area (Å²) in [5.41, 5.74) is -4.83. The van der Waals surface area contributed by atoms with E-state index in [4.69, 9.17) is 18.9 Å². The number of carbonyl (C=O) groups is 5. The highest BCUT2D eigenvalue weighted by Gasteiger charge is 2.85. The first-order chi connectivity index (χ1) is 18.1. The van der Waals surface area contributed by atoms with Crippen LogP contribution in [0.4, 0.5) is 0 Å². The number of aliphatic carboxylic acids is 2. The molecular weight excluding hydrogens is 520 g/mol. The van der Waals surface area contributed by atoms with Crippen molar-refractivity contribution in [3.63, 3.8) is 0 Å². The molecule has 13 heteroatoms. The summed E-state index contributed by atoms with van der Waals surface area (Å²) in [6, 6.07) is 0. The molecule has 13 nitrogen and oxygen atoms in total. The van der Waals surface area contributed by atoms with Gasteiger partial charge in [-0.05, 0) is 31.6 Å². The van der Waals surface area contributed by atoms with E-state index in [0.717, 1.165) is 13.2 Å². The van der Waals surface area contributed by atoms with Crippen LogP contribution in [0.2, 0.25) is 0 Å². The molecule has 0 amide bonds. The Bertz CT molecular complexity index is 1130. The number of carboxylic acids is 2. The topological polar surface area (TPSA) is 203 Å². The van der Waals surface area contributed by atoms with Crippen molar-refractivity contribution in [2.45, 2.75) is 70.6 Å². The Balaban J connectivity index is 1.99. The van der Waals surface area contributed by atoms with Gasteiger partial charge in [0.25, 0.3) is 0 Å². The molecule has 11 atom stereocenters. The summed E-state index contributed by atoms with van der Waals surface area (Å²) in [5, 5.41) is 42.9. The van der Waals surface area contributed by atoms with Gasteiger partial charge in [0.2, 0.25) is 11.7 Å². The molecule has 0 aromatic heterocycles. The van der Waals surface area contributed by atoms with E-state index in [0.29, 0.717) is 5.57 Å². The smallest absolute Gasteiger partial charge is 0.348 e. The Labute approximate surface area is 224 Å². The zero-order valence-corrected chi connectivity index (χ0v) is 22.3. The van der Waals surface area contributed by atoms with E-state index in [2.05, 4.69) is 0 Å². The van der Waals surface area contributed by atoms with Crippen LogP contribution in [0.15, 0.2) is 11.6 Å². The molecule has 216 valence electrons. The minimum absolute atomic E-state index is 0.131. The zero-order chi connectivity index (χ0) is 29.2. The molecule has 2 bridgehead atoms. The zero-order valence-electron chi connectivity index (χ0n) is 22.3. The van der Waals surface area contributed by atoms with Gasteiger partial charge in [0.15, 0.2) is 0 Å². The highest BCUT2D eigenvalue weighted by Crippen LogP contribution is 2.72. The molecule has 11 unspecified atom stereocenters. The van der Waals surface area contributed by atoms with Gasteiger partial charge < -0.3 is 39.4 Å². The monoisotopic (exact) mass is 554 g/mol. The first kappa shape index (κ1) is 29.0. The van der Waals surface area contributed by atoms with E-state index < -0.39 is 101 Å². The van der Waals surface area contributed by atoms with E-state index in [1.165, 1.54) is 13.8 Å². The molecule has 4 fully saturated rings. The van der Waals surface area contributed by atoms with Gasteiger partial charge in [-0.25, -0.2) is 14.4 Å². The SMILES string of the molecule is COC(=O)C12OCC34C(CC(C(C)C(=O)O)C(C)(CC(=O)O)C3C(O)C1O)OC(=O)C(OC(=O)C=C(C)C)C24. The third-order valence-electron chi connectivity index (χ3n) is 9.38. The maximum absolute atomic E-state index is 13.4. The Kier molecular flexibility index (Phi) is 7.10. The lowest BCUT2D eigenvalue weighted by molar-refractivity contribution is -0.294. The second-order valence-corrected chi connectivity index (χ2v) is 11.6. The minimum Gasteiger partial charge on any atom is -0.481 e. The Morgan fingerprint density at radius 2 is 1.79 bits per heavy atom. The second-order valence-electron chi connectivity index (χ2n) is 11.6. The maximum atomic E-state index is 13.4. The van der Waals surface area contributed by atoms with E-state index in [1.807, 2.05) is 0 Å². The second kappa shape index (κ2) is 9.56. The largest absolute Gasteiger partial charge is 0.481 e. The average Bonchev–Trinajstić information content (AvgIpc) is 3.13. The molecule has 0 aromatic rings. The molecule has 0 aromatic carbocycles. The average molecular weight is 555 g/mol. The van der Waals surface area contributed by atoms with Crippen LogP contribution in [-0.2, 0) is 42.9 Å². The predicted molar refractivity (Wildman–Crippen MR) is 127 cm³/mol. The van der Waals surface area contributed by atoms with Gasteiger partial charge in [-0.15, -0.1) is 0 Å². The molecular formula is C26H34O13. The van der Waals surface area contributed by atoms with Crippen LogP contribution in [0.1, 0.15) is 40.5 Å². The van der Waals surface area contributed by atoms with E-state index in [9.17, 15) is 44.4 Å². The number of ether oxygens (including phenoxy) is 4. The van der Waals surface area contributed by atoms with Crippen LogP contribution in [0.25, 0.3) is 0 Å². The number of hydrogen-bond acceptors (Lipinski definition) is 11. The molecule has 1 spiro atoms. The molecule has 2 saturated heterocycles. The molecule has 2 aliphatic carbocycles. The Hall–Kier alpha value is -3.03. The van der Waals surface area contributed by atoms with Gasteiger partial charge in [0, 0.05) is 17.4 Å². The number of esters is 3. The van der Waals surface area contributed by atoms with Gasteiger partial charge in [-0.3, -0.25) is 9.59 Å². The number of rotatable bonds is 7. The summed E-state index contributed by atoms with van der Waals surface area (Å²) in [7, 11) is 1.03. The molecule has 4 rings (SSSR count). The quantitative estimate of drug-likeness (QED) is 0.185. The Morgan fingerprint density at radius 1 is 1.15 bits per heavy atom. The lowest BCUT2D eigenvalue weighted by Crippen LogP contribution is -2.79. The van der Waals surface area contributed by atoms with E-state index >= 15 is 0 Å². The number of hydrogen-bond donors (Lipinski definition) is 4. The number of carboxylic acid groups (broad SMARTS) is 2. The fraction of sp³-hybridized carbons (Fsp3) is 0.731. The summed E-state index contributed by atoms with van der Waals surface area (Å²) < 4.78 is 22.2. The van der Waals surface area contributed by atoms with Gasteiger partial charge in [0.05, 0.1) is 38.1 Å². The summed E-state index contributed by atoms with van der Waals surface area (Å²) in [4.78, 5) is 63.6. The third-order valence-corrected chi connectivity index (χ3v) is 9.38. The Morgan fingerprint density at radius 3 is 2.33 bits per heavy atom. The van der Waals surface area contributed by atoms with Crippen LogP contribution >= 0.6 is 0 Å². The van der Waals surface area contributed by atoms with Gasteiger partial charge >= 0.3 is 29.8 Å². The van der Waals surface area contributed by atoms with Crippen LogP contribution in [0.3, 0.4) is 0 Å². The van der Waals surface area contributed by atoms with Crippen LogP contribution in [-0.4, -0.2) is 94.0 Å². The number of methoxy groups -OCH3 is 1. The summed E-state index contributed by atoms with van der Waals surface area (Å²) in [6.45, 7) is 5.77. The van der Waals surface area contributed by atoms with Crippen LogP contribution < -0.4 is 0 Å². The van der Waals surface area contributed by atoms with E-state index in [-0.39, 0.29) is 13.0 Å². The van der Waals surface area contributed by atoms with Crippen molar-refractivity contribution in [2.75, 3.05) is 13.7 Å². The minimum atomic E-state index is -2.35. The normalized spacial score (nSPS) is 42.8. The third kappa shape index (κ3) is 3.88. The van der Waals surface area contributed by atoms with Crippen molar-refractivity contribution < 1.29 is 63.3 Å². The first-order valence-electron chi connectivity index (χ1n) is 12.7.